The highest BCUT2D eigenvalue weighted by Crippen LogP contribution is 1.99. The van der Waals surface area contributed by atoms with Gasteiger partial charge in [0, 0.05) is 45.8 Å². The Hall–Kier alpha value is -0.940. The molecule has 0 aromatic heterocycles. The van der Waals surface area contributed by atoms with Gasteiger partial charge in [-0.05, 0) is 19.7 Å². The van der Waals surface area contributed by atoms with Gasteiger partial charge in [-0.3, -0.25) is 4.90 Å². The van der Waals surface area contributed by atoms with E-state index in [9.17, 15) is 0 Å². The summed E-state index contributed by atoms with van der Waals surface area (Å²) in [4.78, 5) is 4.55. The molecule has 1 aliphatic heterocycles. The number of rotatable bonds is 4. The first-order valence-electron chi connectivity index (χ1n) is 7.04. The first kappa shape index (κ1) is 16.1. The van der Waals surface area contributed by atoms with Crippen molar-refractivity contribution in [3.8, 4) is 0 Å². The topological polar surface area (TPSA) is 44.5 Å². The van der Waals surface area contributed by atoms with Crippen molar-refractivity contribution < 1.29 is 0 Å². The number of hydrogen-bond donors (Lipinski definition) is 2. The molecule has 1 aromatic rings. The van der Waals surface area contributed by atoms with Crippen LogP contribution in [0.1, 0.15) is 5.56 Å². The average Bonchev–Trinajstić information content (AvgIpc) is 2.41. The van der Waals surface area contributed by atoms with Crippen LogP contribution < -0.4 is 11.1 Å². The lowest BCUT2D eigenvalue weighted by Crippen LogP contribution is -2.45. The summed E-state index contributed by atoms with van der Waals surface area (Å²) in [5.41, 5.74) is 6.77. The van der Waals surface area contributed by atoms with Gasteiger partial charge in [-0.1, -0.05) is 30.3 Å². The fraction of sp³-hybridized carbons (Fsp3) is 0.600. The quantitative estimate of drug-likeness (QED) is 0.836. The number of nitrogens with zero attached hydrogens (tertiary/aromatic N) is 2. The normalized spacial score (nSPS) is 16.0. The highest BCUT2D eigenvalue weighted by molar-refractivity contribution is 5.14. The fourth-order valence-corrected chi connectivity index (χ4v) is 2.07. The van der Waals surface area contributed by atoms with E-state index < -0.39 is 0 Å². The smallest absolute Gasteiger partial charge is 0.0227 e. The standard InChI is InChI=1S/C9H13N.C6H15N3/c1-10(2)8-9-6-4-3-5-7-9;7-1-4-9-5-2-8-3-6-9/h3-7H,8H2,1-2H3;8H,1-7H2. The molecule has 0 amide bonds. The summed E-state index contributed by atoms with van der Waals surface area (Å²) in [5, 5.41) is 3.29. The maximum absolute atomic E-state index is 5.40. The molecule has 3 N–H and O–H groups in total. The highest BCUT2D eigenvalue weighted by atomic mass is 15.2. The van der Waals surface area contributed by atoms with E-state index in [1.807, 2.05) is 6.07 Å². The lowest BCUT2D eigenvalue weighted by atomic mass is 10.2. The molecule has 1 heterocycles. The van der Waals surface area contributed by atoms with Gasteiger partial charge in [-0.2, -0.15) is 0 Å². The zero-order chi connectivity index (χ0) is 13.9. The van der Waals surface area contributed by atoms with Crippen LogP contribution in [0.4, 0.5) is 0 Å². The van der Waals surface area contributed by atoms with Crippen LogP contribution in [0.25, 0.3) is 0 Å². The van der Waals surface area contributed by atoms with E-state index in [1.54, 1.807) is 0 Å². The monoisotopic (exact) mass is 264 g/mol. The van der Waals surface area contributed by atoms with Crippen molar-refractivity contribution in [3.63, 3.8) is 0 Å². The Labute approximate surface area is 117 Å². The third-order valence-corrected chi connectivity index (χ3v) is 3.00. The summed E-state index contributed by atoms with van der Waals surface area (Å²) in [6.45, 7) is 7.46. The Morgan fingerprint density at radius 1 is 1.16 bits per heavy atom. The van der Waals surface area contributed by atoms with Gasteiger partial charge in [-0.25, -0.2) is 0 Å². The second kappa shape index (κ2) is 9.92. The van der Waals surface area contributed by atoms with Crippen LogP contribution in [0.15, 0.2) is 30.3 Å². The fourth-order valence-electron chi connectivity index (χ4n) is 2.07. The van der Waals surface area contributed by atoms with Crippen molar-refractivity contribution in [2.45, 2.75) is 6.54 Å². The molecule has 1 saturated heterocycles. The van der Waals surface area contributed by atoms with E-state index in [1.165, 1.54) is 5.56 Å². The van der Waals surface area contributed by atoms with Gasteiger partial charge >= 0.3 is 0 Å². The van der Waals surface area contributed by atoms with Crippen LogP contribution in [-0.4, -0.2) is 63.2 Å². The van der Waals surface area contributed by atoms with E-state index >= 15 is 0 Å². The number of nitrogens with two attached hydrogens (primary N) is 1. The van der Waals surface area contributed by atoms with Gasteiger partial charge in [0.2, 0.25) is 0 Å². The molecule has 0 atom stereocenters. The summed E-state index contributed by atoms with van der Waals surface area (Å²) in [6, 6.07) is 10.5. The molecule has 0 unspecified atom stereocenters. The van der Waals surface area contributed by atoms with E-state index in [2.05, 4.69) is 53.5 Å². The molecular formula is C15H28N4. The summed E-state index contributed by atoms with van der Waals surface area (Å²) in [6.07, 6.45) is 0. The van der Waals surface area contributed by atoms with Gasteiger partial charge in [0.05, 0.1) is 0 Å². The molecule has 4 nitrogen and oxygen atoms in total. The number of benzene rings is 1. The largest absolute Gasteiger partial charge is 0.329 e. The van der Waals surface area contributed by atoms with Crippen molar-refractivity contribution in [2.75, 3.05) is 53.4 Å². The van der Waals surface area contributed by atoms with Gasteiger partial charge in [-0.15, -0.1) is 0 Å². The lowest BCUT2D eigenvalue weighted by molar-refractivity contribution is 0.247. The maximum atomic E-state index is 5.40. The first-order chi connectivity index (χ1) is 9.22. The number of hydrogen-bond acceptors (Lipinski definition) is 4. The SMILES string of the molecule is CN(C)Cc1ccccc1.NCCN1CCNCC1. The molecule has 1 fully saturated rings. The number of nitrogens with one attached hydrogen (secondary N) is 1. The Kier molecular flexibility index (Phi) is 8.41. The summed E-state index contributed by atoms with van der Waals surface area (Å²) < 4.78 is 0. The molecule has 19 heavy (non-hydrogen) atoms. The number of piperazine rings is 1. The molecule has 0 aliphatic carbocycles. The second-order valence-electron chi connectivity index (χ2n) is 5.10. The predicted octanol–water partition coefficient (Wildman–Crippen LogP) is 0.599. The van der Waals surface area contributed by atoms with Crippen LogP contribution in [0.2, 0.25) is 0 Å². The highest BCUT2D eigenvalue weighted by Gasteiger charge is 2.06. The summed E-state index contributed by atoms with van der Waals surface area (Å²) in [5.74, 6) is 0. The van der Waals surface area contributed by atoms with Crippen LogP contribution in [0.3, 0.4) is 0 Å². The zero-order valence-corrected chi connectivity index (χ0v) is 12.3. The molecule has 0 spiro atoms. The minimum atomic E-state index is 0.792. The van der Waals surface area contributed by atoms with E-state index in [-0.39, 0.29) is 0 Å². The van der Waals surface area contributed by atoms with E-state index in [0.29, 0.717) is 0 Å². The molecule has 0 radical (unpaired) electrons. The summed E-state index contributed by atoms with van der Waals surface area (Å²) in [7, 11) is 4.15. The molecule has 4 heteroatoms. The van der Waals surface area contributed by atoms with Crippen molar-refractivity contribution in [1.29, 1.82) is 0 Å². The molecule has 0 saturated carbocycles. The minimum absolute atomic E-state index is 0.792. The van der Waals surface area contributed by atoms with Gasteiger partial charge in [0.25, 0.3) is 0 Å². The maximum Gasteiger partial charge on any atom is 0.0227 e. The lowest BCUT2D eigenvalue weighted by Gasteiger charge is -2.26. The Bertz CT molecular complexity index is 304. The van der Waals surface area contributed by atoms with Crippen molar-refractivity contribution in [1.82, 2.24) is 15.1 Å². The molecule has 1 aliphatic rings. The first-order valence-corrected chi connectivity index (χ1v) is 7.04. The Balaban J connectivity index is 0.000000191. The van der Waals surface area contributed by atoms with Gasteiger partial charge in [0.1, 0.15) is 0 Å². The van der Waals surface area contributed by atoms with Crippen LogP contribution in [-0.2, 0) is 6.54 Å². The predicted molar refractivity (Wildman–Crippen MR) is 82.2 cm³/mol. The van der Waals surface area contributed by atoms with Crippen molar-refractivity contribution in [3.05, 3.63) is 35.9 Å². The zero-order valence-electron chi connectivity index (χ0n) is 12.3. The summed E-state index contributed by atoms with van der Waals surface area (Å²) >= 11 is 0. The molecule has 1 aromatic carbocycles. The third-order valence-electron chi connectivity index (χ3n) is 3.00. The van der Waals surface area contributed by atoms with Gasteiger partial charge in [0.15, 0.2) is 0 Å². The van der Waals surface area contributed by atoms with Crippen LogP contribution in [0, 0.1) is 0 Å². The molecule has 108 valence electrons. The average molecular weight is 264 g/mol. The second-order valence-corrected chi connectivity index (χ2v) is 5.10. The van der Waals surface area contributed by atoms with Crippen molar-refractivity contribution in [2.24, 2.45) is 5.73 Å². The molecule has 0 bridgehead atoms. The van der Waals surface area contributed by atoms with Crippen molar-refractivity contribution >= 4 is 0 Å². The van der Waals surface area contributed by atoms with Gasteiger partial charge < -0.3 is 16.0 Å². The minimum Gasteiger partial charge on any atom is -0.329 e. The molecular weight excluding hydrogens is 236 g/mol. The van der Waals surface area contributed by atoms with E-state index in [0.717, 1.165) is 45.8 Å². The Morgan fingerprint density at radius 3 is 2.32 bits per heavy atom. The third kappa shape index (κ3) is 7.95. The van der Waals surface area contributed by atoms with E-state index in [4.69, 9.17) is 5.73 Å². The van der Waals surface area contributed by atoms with Crippen LogP contribution in [0.5, 0.6) is 0 Å². The van der Waals surface area contributed by atoms with Crippen LogP contribution >= 0.6 is 0 Å². The molecule has 2 rings (SSSR count). The Morgan fingerprint density at radius 2 is 1.79 bits per heavy atom.